The molecule has 4 nitrogen and oxygen atoms in total. The number of aryl methyl sites for hydroxylation is 1. The molecule has 2 N–H and O–H groups in total. The van der Waals surface area contributed by atoms with E-state index in [2.05, 4.69) is 36.5 Å². The number of aromatic nitrogens is 2. The number of phenolic OH excluding ortho intramolecular Hbond substituents is 1. The van der Waals surface area contributed by atoms with E-state index in [1.807, 2.05) is 22.9 Å². The van der Waals surface area contributed by atoms with Crippen LogP contribution in [0.25, 0.3) is 11.3 Å². The van der Waals surface area contributed by atoms with Crippen molar-refractivity contribution >= 4 is 0 Å². The number of fused-ring (bicyclic) bond motifs is 1. The summed E-state index contributed by atoms with van der Waals surface area (Å²) in [5.41, 5.74) is 6.87. The fourth-order valence-corrected chi connectivity index (χ4v) is 3.24. The monoisotopic (exact) mass is 305 g/mol. The van der Waals surface area contributed by atoms with Gasteiger partial charge in [-0.25, -0.2) is 0 Å². The number of hydrogen-bond donors (Lipinski definition) is 2. The lowest BCUT2D eigenvalue weighted by atomic mass is 10.0. The summed E-state index contributed by atoms with van der Waals surface area (Å²) in [5.74, 6) is 0.317. The molecule has 4 rings (SSSR count). The highest BCUT2D eigenvalue weighted by molar-refractivity contribution is 5.69. The number of nitrogens with one attached hydrogen (secondary N) is 1. The first-order valence-corrected chi connectivity index (χ1v) is 7.86. The van der Waals surface area contributed by atoms with Crippen molar-refractivity contribution in [2.45, 2.75) is 26.6 Å². The number of nitrogens with zero attached hydrogens (tertiary/aromatic N) is 2. The van der Waals surface area contributed by atoms with Gasteiger partial charge >= 0.3 is 0 Å². The third-order valence-electron chi connectivity index (χ3n) is 4.44. The summed E-state index contributed by atoms with van der Waals surface area (Å²) in [7, 11) is 0. The van der Waals surface area contributed by atoms with Gasteiger partial charge in [0.25, 0.3) is 0 Å². The van der Waals surface area contributed by atoms with Gasteiger partial charge in [0.1, 0.15) is 5.75 Å². The minimum atomic E-state index is 0.317. The third-order valence-corrected chi connectivity index (χ3v) is 4.44. The second-order valence-electron chi connectivity index (χ2n) is 5.98. The molecule has 1 aromatic heterocycles. The van der Waals surface area contributed by atoms with Crippen LogP contribution in [-0.4, -0.2) is 14.9 Å². The van der Waals surface area contributed by atoms with Crippen molar-refractivity contribution in [2.75, 3.05) is 0 Å². The fraction of sp³-hybridized carbons (Fsp3) is 0.211. The molecule has 3 aromatic rings. The average Bonchev–Trinajstić information content (AvgIpc) is 3.11. The first-order chi connectivity index (χ1) is 11.2. The van der Waals surface area contributed by atoms with Crippen LogP contribution in [0, 0.1) is 6.92 Å². The van der Waals surface area contributed by atoms with Gasteiger partial charge in [0.2, 0.25) is 0 Å². The van der Waals surface area contributed by atoms with E-state index < -0.39 is 0 Å². The van der Waals surface area contributed by atoms with Crippen LogP contribution in [0.5, 0.6) is 5.75 Å². The molecule has 2 aromatic carbocycles. The van der Waals surface area contributed by atoms with Crippen molar-refractivity contribution in [2.24, 2.45) is 0 Å². The fourth-order valence-electron chi connectivity index (χ4n) is 3.24. The largest absolute Gasteiger partial charge is 0.508 e. The van der Waals surface area contributed by atoms with Gasteiger partial charge in [0.15, 0.2) is 0 Å². The van der Waals surface area contributed by atoms with Gasteiger partial charge in [-0.05, 0) is 18.6 Å². The Kier molecular flexibility index (Phi) is 3.39. The maximum Gasteiger partial charge on any atom is 0.120 e. The Labute approximate surface area is 135 Å². The first kappa shape index (κ1) is 14.0. The minimum Gasteiger partial charge on any atom is -0.508 e. The van der Waals surface area contributed by atoms with E-state index >= 15 is 0 Å². The molecule has 0 bridgehead atoms. The standard InChI is InChI=1S/C19H19N3O/c1-13-6-2-4-8-15(13)19-16-10-20-11-17(16)21-22(19)12-14-7-3-5-9-18(14)23/h2-9,20,23H,10-12H2,1H3. The molecular formula is C19H19N3O. The van der Waals surface area contributed by atoms with Crippen molar-refractivity contribution in [3.05, 3.63) is 70.9 Å². The summed E-state index contributed by atoms with van der Waals surface area (Å²) in [4.78, 5) is 0. The molecule has 0 aliphatic carbocycles. The number of hydrogen-bond acceptors (Lipinski definition) is 3. The summed E-state index contributed by atoms with van der Waals surface area (Å²) in [5, 5.41) is 18.2. The Hall–Kier alpha value is -2.59. The normalized spacial score (nSPS) is 13.3. The molecule has 0 atom stereocenters. The topological polar surface area (TPSA) is 50.1 Å². The maximum atomic E-state index is 10.1. The van der Waals surface area contributed by atoms with E-state index in [1.165, 1.54) is 16.7 Å². The lowest BCUT2D eigenvalue weighted by Gasteiger charge is -2.13. The number of benzene rings is 2. The van der Waals surface area contributed by atoms with Gasteiger partial charge in [-0.15, -0.1) is 0 Å². The van der Waals surface area contributed by atoms with Gasteiger partial charge in [-0.1, -0.05) is 42.5 Å². The van der Waals surface area contributed by atoms with Crippen LogP contribution in [0.15, 0.2) is 48.5 Å². The van der Waals surface area contributed by atoms with Crippen molar-refractivity contribution < 1.29 is 5.11 Å². The zero-order valence-electron chi connectivity index (χ0n) is 13.1. The maximum absolute atomic E-state index is 10.1. The van der Waals surface area contributed by atoms with E-state index in [0.717, 1.165) is 30.0 Å². The number of phenols is 1. The highest BCUT2D eigenvalue weighted by Gasteiger charge is 2.24. The van der Waals surface area contributed by atoms with E-state index in [0.29, 0.717) is 12.3 Å². The molecule has 0 radical (unpaired) electrons. The van der Waals surface area contributed by atoms with Crippen LogP contribution in [-0.2, 0) is 19.6 Å². The van der Waals surface area contributed by atoms with Gasteiger partial charge in [-0.2, -0.15) is 5.10 Å². The Morgan fingerprint density at radius 1 is 1.09 bits per heavy atom. The zero-order valence-corrected chi connectivity index (χ0v) is 13.1. The summed E-state index contributed by atoms with van der Waals surface area (Å²) >= 11 is 0. The molecule has 1 aliphatic heterocycles. The molecule has 0 amide bonds. The van der Waals surface area contributed by atoms with E-state index in [4.69, 9.17) is 5.10 Å². The molecule has 0 unspecified atom stereocenters. The number of para-hydroxylation sites is 1. The summed E-state index contributed by atoms with van der Waals surface area (Å²) in [6.07, 6.45) is 0. The Morgan fingerprint density at radius 3 is 2.70 bits per heavy atom. The Morgan fingerprint density at radius 2 is 1.87 bits per heavy atom. The molecule has 0 saturated heterocycles. The first-order valence-electron chi connectivity index (χ1n) is 7.86. The molecule has 2 heterocycles. The third kappa shape index (κ3) is 2.41. The van der Waals surface area contributed by atoms with Gasteiger partial charge in [-0.3, -0.25) is 4.68 Å². The zero-order chi connectivity index (χ0) is 15.8. The summed E-state index contributed by atoms with van der Waals surface area (Å²) in [6.45, 7) is 4.35. The van der Waals surface area contributed by atoms with Gasteiger partial charge in [0.05, 0.1) is 17.9 Å². The van der Waals surface area contributed by atoms with Crippen LogP contribution in [0.4, 0.5) is 0 Å². The molecular weight excluding hydrogens is 286 g/mol. The molecule has 4 heteroatoms. The van der Waals surface area contributed by atoms with E-state index in [9.17, 15) is 5.11 Å². The second-order valence-corrected chi connectivity index (χ2v) is 5.98. The molecule has 116 valence electrons. The molecule has 0 spiro atoms. The van der Waals surface area contributed by atoms with Gasteiger partial charge in [0, 0.05) is 29.8 Å². The Bertz CT molecular complexity index is 867. The van der Waals surface area contributed by atoms with Crippen molar-refractivity contribution in [1.29, 1.82) is 0 Å². The minimum absolute atomic E-state index is 0.317. The van der Waals surface area contributed by atoms with Crippen LogP contribution >= 0.6 is 0 Å². The van der Waals surface area contributed by atoms with Gasteiger partial charge < -0.3 is 10.4 Å². The Balaban J connectivity index is 1.85. The molecule has 23 heavy (non-hydrogen) atoms. The van der Waals surface area contributed by atoms with Crippen LogP contribution in [0.2, 0.25) is 0 Å². The van der Waals surface area contributed by atoms with Crippen molar-refractivity contribution in [3.8, 4) is 17.0 Å². The SMILES string of the molecule is Cc1ccccc1-c1c2c(nn1Cc1ccccc1O)CNC2. The average molecular weight is 305 g/mol. The lowest BCUT2D eigenvalue weighted by Crippen LogP contribution is -2.10. The number of aromatic hydroxyl groups is 1. The highest BCUT2D eigenvalue weighted by atomic mass is 16.3. The molecule has 0 saturated carbocycles. The second kappa shape index (κ2) is 5.56. The van der Waals surface area contributed by atoms with Crippen molar-refractivity contribution in [3.63, 3.8) is 0 Å². The van der Waals surface area contributed by atoms with Crippen LogP contribution < -0.4 is 5.32 Å². The molecule has 1 aliphatic rings. The predicted molar refractivity (Wildman–Crippen MR) is 90.2 cm³/mol. The van der Waals surface area contributed by atoms with E-state index in [-0.39, 0.29) is 0 Å². The quantitative estimate of drug-likeness (QED) is 0.781. The van der Waals surface area contributed by atoms with Crippen LogP contribution in [0.3, 0.4) is 0 Å². The molecule has 0 fully saturated rings. The van der Waals surface area contributed by atoms with Crippen LogP contribution in [0.1, 0.15) is 22.4 Å². The smallest absolute Gasteiger partial charge is 0.120 e. The van der Waals surface area contributed by atoms with E-state index in [1.54, 1.807) is 6.07 Å². The van der Waals surface area contributed by atoms with Crippen molar-refractivity contribution in [1.82, 2.24) is 15.1 Å². The summed E-state index contributed by atoms with van der Waals surface area (Å²) in [6, 6.07) is 15.8. The predicted octanol–water partition coefficient (Wildman–Crippen LogP) is 3.22. The highest BCUT2D eigenvalue weighted by Crippen LogP contribution is 2.32. The summed E-state index contributed by atoms with van der Waals surface area (Å²) < 4.78 is 2.03. The lowest BCUT2D eigenvalue weighted by molar-refractivity contribution is 0.463. The number of rotatable bonds is 3.